The lowest BCUT2D eigenvalue weighted by Crippen LogP contribution is -2.53. The van der Waals surface area contributed by atoms with E-state index >= 15 is 0 Å². The highest BCUT2D eigenvalue weighted by molar-refractivity contribution is 6.30. The first-order valence-electron chi connectivity index (χ1n) is 11.4. The number of phenols is 2. The molecule has 2 unspecified atom stereocenters. The number of nitrogens with two attached hydrogens (primary N) is 2. The summed E-state index contributed by atoms with van der Waals surface area (Å²) in [5.41, 5.74) is 11.5. The molecule has 0 spiro atoms. The topological polar surface area (TPSA) is 197 Å². The van der Waals surface area contributed by atoms with Crippen LogP contribution in [-0.4, -0.2) is 73.8 Å². The number of carbonyl (C=O) groups is 2. The van der Waals surface area contributed by atoms with Crippen molar-refractivity contribution in [1.82, 2.24) is 0 Å². The molecule has 1 fully saturated rings. The van der Waals surface area contributed by atoms with Crippen molar-refractivity contribution in [2.45, 2.75) is 62.7 Å². The maximum absolute atomic E-state index is 12.9. The molecule has 0 amide bonds. The predicted octanol–water partition coefficient (Wildman–Crippen LogP) is -0.146. The van der Waals surface area contributed by atoms with E-state index in [-0.39, 0.29) is 52.8 Å². The molecular weight excluding hydrogens is 456 g/mol. The van der Waals surface area contributed by atoms with E-state index in [0.717, 1.165) is 0 Å². The number of fused-ring (bicyclic) bond motifs is 3. The molecule has 0 radical (unpaired) electrons. The highest BCUT2D eigenvalue weighted by atomic mass is 16.6. The normalized spacial score (nSPS) is 28.2. The zero-order valence-corrected chi connectivity index (χ0v) is 19.3. The summed E-state index contributed by atoms with van der Waals surface area (Å²) in [4.78, 5) is 25.8. The van der Waals surface area contributed by atoms with Gasteiger partial charge in [-0.05, 0) is 26.2 Å². The molecule has 1 heterocycles. The van der Waals surface area contributed by atoms with Gasteiger partial charge in [0, 0.05) is 40.3 Å². The first-order valence-corrected chi connectivity index (χ1v) is 11.4. The van der Waals surface area contributed by atoms with Gasteiger partial charge in [0.15, 0.2) is 17.9 Å². The average Bonchev–Trinajstić information content (AvgIpc) is 2.82. The van der Waals surface area contributed by atoms with Gasteiger partial charge >= 0.3 is 0 Å². The molecule has 35 heavy (non-hydrogen) atoms. The van der Waals surface area contributed by atoms with E-state index in [9.17, 15) is 24.9 Å². The quantitative estimate of drug-likeness (QED) is 0.227. The number of ether oxygens (including phenoxy) is 1. The Morgan fingerprint density at radius 1 is 1.03 bits per heavy atom. The molecule has 0 saturated carbocycles. The molecule has 5 atom stereocenters. The van der Waals surface area contributed by atoms with E-state index in [1.165, 1.54) is 12.1 Å². The van der Waals surface area contributed by atoms with Crippen LogP contribution in [0.1, 0.15) is 62.7 Å². The zero-order chi connectivity index (χ0) is 25.7. The van der Waals surface area contributed by atoms with Crippen LogP contribution in [0.4, 0.5) is 0 Å². The summed E-state index contributed by atoms with van der Waals surface area (Å²) in [6.45, 7) is 1.72. The first kappa shape index (κ1) is 25.2. The lowest BCUT2D eigenvalue weighted by Gasteiger charge is -2.38. The number of hydrogen-bond acceptors (Lipinski definition) is 10. The highest BCUT2D eigenvalue weighted by Crippen LogP contribution is 2.46. The second-order valence-corrected chi connectivity index (χ2v) is 9.45. The summed E-state index contributed by atoms with van der Waals surface area (Å²) in [5.74, 6) is -1.58. The van der Waals surface area contributed by atoms with Crippen molar-refractivity contribution in [2.75, 3.05) is 6.61 Å². The van der Waals surface area contributed by atoms with E-state index in [0.29, 0.717) is 30.4 Å². The Labute approximate surface area is 201 Å². The number of aromatic hydroxyl groups is 2. The van der Waals surface area contributed by atoms with Gasteiger partial charge < -0.3 is 41.7 Å². The summed E-state index contributed by atoms with van der Waals surface area (Å²) in [5, 5.41) is 49.3. The fourth-order valence-corrected chi connectivity index (χ4v) is 4.80. The minimum atomic E-state index is -0.967. The van der Waals surface area contributed by atoms with E-state index in [1.54, 1.807) is 19.1 Å². The number of benzene rings is 2. The third kappa shape index (κ3) is 4.33. The maximum Gasteiger partial charge on any atom is 0.198 e. The Hall–Kier alpha value is -2.86. The third-order valence-electron chi connectivity index (χ3n) is 7.14. The van der Waals surface area contributed by atoms with Gasteiger partial charge in [-0.3, -0.25) is 9.59 Å². The zero-order valence-electron chi connectivity index (χ0n) is 19.3. The fraction of sp³-hybridized carbons (Fsp3) is 0.440. The van der Waals surface area contributed by atoms with Crippen LogP contribution < -0.4 is 11.5 Å². The summed E-state index contributed by atoms with van der Waals surface area (Å²) >= 11 is 0. The van der Waals surface area contributed by atoms with Crippen LogP contribution in [0.15, 0.2) is 24.3 Å². The molecule has 2 aromatic carbocycles. The molecule has 10 heteroatoms. The SMILES string of the molecule is CC(O)[C@@]1(N)CCc2c(O)c3c(c(O)c2C1)C(=O)c1ccccc1C3=O.N[C@H]1CC(O)OC[C@H]1O. The molecule has 0 aromatic heterocycles. The van der Waals surface area contributed by atoms with Gasteiger partial charge in [0.25, 0.3) is 0 Å². The molecule has 0 bridgehead atoms. The van der Waals surface area contributed by atoms with Crippen LogP contribution in [0.5, 0.6) is 11.5 Å². The van der Waals surface area contributed by atoms with Crippen molar-refractivity contribution in [3.8, 4) is 11.5 Å². The molecule has 1 aliphatic heterocycles. The van der Waals surface area contributed by atoms with Crippen molar-refractivity contribution in [3.63, 3.8) is 0 Å². The Kier molecular flexibility index (Phi) is 6.71. The number of ketones is 2. The number of hydrogen-bond donors (Lipinski definition) is 7. The summed E-state index contributed by atoms with van der Waals surface area (Å²) in [6, 6.07) is 6.01. The van der Waals surface area contributed by atoms with E-state index in [2.05, 4.69) is 4.74 Å². The van der Waals surface area contributed by atoms with Gasteiger partial charge in [0.1, 0.15) is 11.5 Å². The first-order chi connectivity index (χ1) is 16.5. The predicted molar refractivity (Wildman–Crippen MR) is 124 cm³/mol. The standard InChI is InChI=1S/C20H19NO5.C5H11NO3/c1-9(22)20(21)7-6-12-13(8-20)19(26)15-14(18(12)25)16(23)10-4-2-3-5-11(10)17(15)24;6-3-1-5(8)9-2-4(3)7/h2-5,9,22,25-26H,6-8,21H2,1H3;3-5,7-8H,1-2,6H2/t9?,20-;3-,4+,5?/m10/s1. The number of aliphatic hydroxyl groups is 3. The number of aliphatic hydroxyl groups excluding tert-OH is 3. The van der Waals surface area contributed by atoms with Gasteiger partial charge in [0.05, 0.1) is 29.9 Å². The van der Waals surface area contributed by atoms with Crippen LogP contribution in [0.3, 0.4) is 0 Å². The van der Waals surface area contributed by atoms with Crippen LogP contribution in [-0.2, 0) is 17.6 Å². The van der Waals surface area contributed by atoms with Gasteiger partial charge in [-0.25, -0.2) is 0 Å². The summed E-state index contributed by atoms with van der Waals surface area (Å²) in [6.07, 6.45) is -1.12. The van der Waals surface area contributed by atoms with Gasteiger partial charge in [-0.15, -0.1) is 0 Å². The van der Waals surface area contributed by atoms with E-state index < -0.39 is 35.6 Å². The molecule has 5 rings (SSSR count). The molecule has 3 aliphatic rings. The van der Waals surface area contributed by atoms with Crippen LogP contribution in [0, 0.1) is 0 Å². The molecule has 2 aromatic rings. The largest absolute Gasteiger partial charge is 0.507 e. The highest BCUT2D eigenvalue weighted by Gasteiger charge is 2.42. The lowest BCUT2D eigenvalue weighted by atomic mass is 9.72. The van der Waals surface area contributed by atoms with Gasteiger partial charge in [-0.2, -0.15) is 0 Å². The minimum absolute atomic E-state index is 0.107. The lowest BCUT2D eigenvalue weighted by molar-refractivity contribution is -0.162. The Bertz CT molecular complexity index is 1180. The number of phenolic OH excluding ortho intramolecular Hbond substituents is 2. The van der Waals surface area contributed by atoms with Gasteiger partial charge in [0.2, 0.25) is 0 Å². The van der Waals surface area contributed by atoms with E-state index in [1.807, 2.05) is 0 Å². The molecular formula is C25H30N2O8. The van der Waals surface area contributed by atoms with Crippen LogP contribution in [0.25, 0.3) is 0 Å². The van der Waals surface area contributed by atoms with Crippen LogP contribution in [0.2, 0.25) is 0 Å². The molecule has 10 nitrogen and oxygen atoms in total. The second-order valence-electron chi connectivity index (χ2n) is 9.45. The Morgan fingerprint density at radius 3 is 2.06 bits per heavy atom. The Balaban J connectivity index is 0.000000271. The smallest absolute Gasteiger partial charge is 0.198 e. The fourth-order valence-electron chi connectivity index (χ4n) is 4.80. The summed E-state index contributed by atoms with van der Waals surface area (Å²) < 4.78 is 4.69. The minimum Gasteiger partial charge on any atom is -0.507 e. The summed E-state index contributed by atoms with van der Waals surface area (Å²) in [7, 11) is 0. The Morgan fingerprint density at radius 2 is 1.57 bits per heavy atom. The van der Waals surface area contributed by atoms with Crippen molar-refractivity contribution in [1.29, 1.82) is 0 Å². The third-order valence-corrected chi connectivity index (χ3v) is 7.14. The van der Waals surface area contributed by atoms with Crippen molar-refractivity contribution in [3.05, 3.63) is 57.6 Å². The molecule has 2 aliphatic carbocycles. The maximum atomic E-state index is 12.9. The van der Waals surface area contributed by atoms with Crippen molar-refractivity contribution >= 4 is 11.6 Å². The monoisotopic (exact) mass is 486 g/mol. The number of rotatable bonds is 1. The molecule has 188 valence electrons. The van der Waals surface area contributed by atoms with Crippen molar-refractivity contribution in [2.24, 2.45) is 11.5 Å². The van der Waals surface area contributed by atoms with Crippen molar-refractivity contribution < 1.29 is 39.9 Å². The molecule has 1 saturated heterocycles. The van der Waals surface area contributed by atoms with Gasteiger partial charge in [-0.1, -0.05) is 24.3 Å². The number of carbonyl (C=O) groups excluding carboxylic acids is 2. The van der Waals surface area contributed by atoms with E-state index in [4.69, 9.17) is 21.7 Å². The molecule has 9 N–H and O–H groups in total. The average molecular weight is 487 g/mol. The van der Waals surface area contributed by atoms with Crippen LogP contribution >= 0.6 is 0 Å². The second kappa shape index (κ2) is 9.30.